The van der Waals surface area contributed by atoms with E-state index in [0.29, 0.717) is 0 Å². The molecule has 0 saturated heterocycles. The lowest BCUT2D eigenvalue weighted by Crippen LogP contribution is -2.39. The van der Waals surface area contributed by atoms with E-state index in [4.69, 9.17) is 0 Å². The summed E-state index contributed by atoms with van der Waals surface area (Å²) in [5.74, 6) is 0.328. The maximum absolute atomic E-state index is 12.0. The van der Waals surface area contributed by atoms with Gasteiger partial charge in [-0.3, -0.25) is 9.48 Å². The van der Waals surface area contributed by atoms with E-state index in [2.05, 4.69) is 22.6 Å². The van der Waals surface area contributed by atoms with Crippen LogP contribution in [0.5, 0.6) is 0 Å². The Morgan fingerprint density at radius 3 is 3.12 bits per heavy atom. The molecule has 0 aromatic carbocycles. The van der Waals surface area contributed by atoms with Crippen LogP contribution in [0.4, 0.5) is 0 Å². The normalized spacial score (nSPS) is 21.1. The lowest BCUT2D eigenvalue weighted by Gasteiger charge is -2.20. The standard InChI is InChI=1S/C13H19N3O/c1-11(10-16-9-5-8-14-16)15-13(17)12-6-3-2-4-7-12/h2-3,5,8-9,11-12H,4,6-7,10H2,1H3,(H,15,17)/t11-,12-/m1/s1. The minimum absolute atomic E-state index is 0.119. The SMILES string of the molecule is C[C@H](Cn1cccn1)NC(=O)[C@@H]1CC=CCC1. The molecule has 1 N–H and O–H groups in total. The van der Waals surface area contributed by atoms with Gasteiger partial charge in [-0.05, 0) is 32.3 Å². The monoisotopic (exact) mass is 233 g/mol. The van der Waals surface area contributed by atoms with E-state index in [1.54, 1.807) is 6.20 Å². The van der Waals surface area contributed by atoms with Crippen molar-refractivity contribution >= 4 is 5.91 Å². The van der Waals surface area contributed by atoms with Crippen molar-refractivity contribution in [3.05, 3.63) is 30.6 Å². The predicted octanol–water partition coefficient (Wildman–Crippen LogP) is 1.74. The van der Waals surface area contributed by atoms with Crippen molar-refractivity contribution in [2.24, 2.45) is 5.92 Å². The smallest absolute Gasteiger partial charge is 0.223 e. The van der Waals surface area contributed by atoms with Crippen molar-refractivity contribution in [1.29, 1.82) is 0 Å². The second-order valence-corrected chi connectivity index (χ2v) is 4.62. The summed E-state index contributed by atoms with van der Waals surface area (Å²) >= 11 is 0. The maximum Gasteiger partial charge on any atom is 0.223 e. The molecular weight excluding hydrogens is 214 g/mol. The fourth-order valence-electron chi connectivity index (χ4n) is 2.13. The number of allylic oxidation sites excluding steroid dienone is 2. The van der Waals surface area contributed by atoms with Gasteiger partial charge in [0.15, 0.2) is 0 Å². The molecular formula is C13H19N3O. The van der Waals surface area contributed by atoms with E-state index in [-0.39, 0.29) is 17.9 Å². The molecule has 92 valence electrons. The molecule has 0 spiro atoms. The van der Waals surface area contributed by atoms with Crippen LogP contribution >= 0.6 is 0 Å². The first-order valence-corrected chi connectivity index (χ1v) is 6.18. The van der Waals surface area contributed by atoms with Gasteiger partial charge in [-0.25, -0.2) is 0 Å². The number of aromatic nitrogens is 2. The minimum Gasteiger partial charge on any atom is -0.352 e. The number of carbonyl (C=O) groups excluding carboxylic acids is 1. The van der Waals surface area contributed by atoms with Crippen molar-refractivity contribution < 1.29 is 4.79 Å². The molecule has 1 heterocycles. The Labute approximate surface area is 102 Å². The van der Waals surface area contributed by atoms with Gasteiger partial charge < -0.3 is 5.32 Å². The second-order valence-electron chi connectivity index (χ2n) is 4.62. The molecule has 4 nitrogen and oxygen atoms in total. The molecule has 1 aromatic heterocycles. The number of carbonyl (C=O) groups is 1. The molecule has 1 aromatic rings. The summed E-state index contributed by atoms with van der Waals surface area (Å²) < 4.78 is 1.84. The summed E-state index contributed by atoms with van der Waals surface area (Å²) in [6, 6.07) is 2.01. The van der Waals surface area contributed by atoms with Crippen LogP contribution in [-0.2, 0) is 11.3 Å². The highest BCUT2D eigenvalue weighted by Gasteiger charge is 2.19. The summed E-state index contributed by atoms with van der Waals surface area (Å²) in [5.41, 5.74) is 0. The zero-order chi connectivity index (χ0) is 12.1. The predicted molar refractivity (Wildman–Crippen MR) is 66.3 cm³/mol. The Balaban J connectivity index is 1.79. The minimum atomic E-state index is 0.119. The molecule has 1 aliphatic carbocycles. The molecule has 0 saturated carbocycles. The Hall–Kier alpha value is -1.58. The van der Waals surface area contributed by atoms with Crippen LogP contribution in [-0.4, -0.2) is 21.7 Å². The fraction of sp³-hybridized carbons (Fsp3) is 0.538. The van der Waals surface area contributed by atoms with Crippen LogP contribution in [0.25, 0.3) is 0 Å². The summed E-state index contributed by atoms with van der Waals surface area (Å²) in [6.45, 7) is 2.74. The van der Waals surface area contributed by atoms with Gasteiger partial charge in [-0.2, -0.15) is 5.10 Å². The highest BCUT2D eigenvalue weighted by Crippen LogP contribution is 2.18. The van der Waals surface area contributed by atoms with Gasteiger partial charge in [-0.15, -0.1) is 0 Å². The number of hydrogen-bond acceptors (Lipinski definition) is 2. The maximum atomic E-state index is 12.0. The van der Waals surface area contributed by atoms with E-state index in [0.717, 1.165) is 25.8 Å². The molecule has 17 heavy (non-hydrogen) atoms. The average Bonchev–Trinajstić information content (AvgIpc) is 2.82. The van der Waals surface area contributed by atoms with Crippen LogP contribution in [0, 0.1) is 5.92 Å². The van der Waals surface area contributed by atoms with Crippen molar-refractivity contribution in [3.8, 4) is 0 Å². The van der Waals surface area contributed by atoms with Gasteiger partial charge in [0.2, 0.25) is 5.91 Å². The lowest BCUT2D eigenvalue weighted by molar-refractivity contribution is -0.125. The quantitative estimate of drug-likeness (QED) is 0.805. The molecule has 4 heteroatoms. The Morgan fingerprint density at radius 1 is 1.59 bits per heavy atom. The molecule has 0 unspecified atom stereocenters. The molecule has 0 fully saturated rings. The highest BCUT2D eigenvalue weighted by atomic mass is 16.1. The third-order valence-corrected chi connectivity index (χ3v) is 3.05. The van der Waals surface area contributed by atoms with Gasteiger partial charge in [0.1, 0.15) is 0 Å². The van der Waals surface area contributed by atoms with Gasteiger partial charge in [-0.1, -0.05) is 12.2 Å². The Kier molecular flexibility index (Phi) is 3.96. The zero-order valence-electron chi connectivity index (χ0n) is 10.2. The molecule has 2 atom stereocenters. The summed E-state index contributed by atoms with van der Waals surface area (Å²) in [5, 5.41) is 7.18. The van der Waals surface area contributed by atoms with Gasteiger partial charge in [0.05, 0.1) is 6.54 Å². The highest BCUT2D eigenvalue weighted by molar-refractivity contribution is 5.79. The van der Waals surface area contributed by atoms with Crippen LogP contribution in [0.15, 0.2) is 30.6 Å². The van der Waals surface area contributed by atoms with E-state index >= 15 is 0 Å². The largest absolute Gasteiger partial charge is 0.352 e. The summed E-state index contributed by atoms with van der Waals surface area (Å²) in [7, 11) is 0. The first-order chi connectivity index (χ1) is 8.25. The van der Waals surface area contributed by atoms with Crippen molar-refractivity contribution in [3.63, 3.8) is 0 Å². The van der Waals surface area contributed by atoms with Crippen molar-refractivity contribution in [2.75, 3.05) is 0 Å². The van der Waals surface area contributed by atoms with Crippen LogP contribution < -0.4 is 5.32 Å². The summed E-state index contributed by atoms with van der Waals surface area (Å²) in [4.78, 5) is 12.0. The second kappa shape index (κ2) is 5.66. The summed E-state index contributed by atoms with van der Waals surface area (Å²) in [6.07, 6.45) is 10.8. The van der Waals surface area contributed by atoms with Crippen LogP contribution in [0.3, 0.4) is 0 Å². The molecule has 1 amide bonds. The molecule has 2 rings (SSSR count). The number of hydrogen-bond donors (Lipinski definition) is 1. The van der Waals surface area contributed by atoms with E-state index < -0.39 is 0 Å². The van der Waals surface area contributed by atoms with Gasteiger partial charge >= 0.3 is 0 Å². The first-order valence-electron chi connectivity index (χ1n) is 6.18. The van der Waals surface area contributed by atoms with Crippen molar-refractivity contribution in [1.82, 2.24) is 15.1 Å². The Morgan fingerprint density at radius 2 is 2.47 bits per heavy atom. The first kappa shape index (κ1) is 11.9. The van der Waals surface area contributed by atoms with E-state index in [9.17, 15) is 4.79 Å². The number of rotatable bonds is 4. The molecule has 0 bridgehead atoms. The third kappa shape index (κ3) is 3.44. The third-order valence-electron chi connectivity index (χ3n) is 3.05. The van der Waals surface area contributed by atoms with Crippen LogP contribution in [0.1, 0.15) is 26.2 Å². The molecule has 0 aliphatic heterocycles. The van der Waals surface area contributed by atoms with Crippen molar-refractivity contribution in [2.45, 2.75) is 38.8 Å². The molecule has 0 radical (unpaired) electrons. The number of amides is 1. The molecule has 1 aliphatic rings. The number of nitrogens with one attached hydrogen (secondary N) is 1. The van der Waals surface area contributed by atoms with Gasteiger partial charge in [0.25, 0.3) is 0 Å². The van der Waals surface area contributed by atoms with Crippen LogP contribution in [0.2, 0.25) is 0 Å². The van der Waals surface area contributed by atoms with Gasteiger partial charge in [0, 0.05) is 24.4 Å². The lowest BCUT2D eigenvalue weighted by atomic mass is 9.93. The van der Waals surface area contributed by atoms with E-state index in [1.165, 1.54) is 0 Å². The average molecular weight is 233 g/mol. The van der Waals surface area contributed by atoms with E-state index in [1.807, 2.05) is 23.9 Å². The fourth-order valence-corrected chi connectivity index (χ4v) is 2.13. The topological polar surface area (TPSA) is 46.9 Å². The zero-order valence-corrected chi connectivity index (χ0v) is 10.2. The Bertz CT molecular complexity index is 383. The number of nitrogens with zero attached hydrogens (tertiary/aromatic N) is 2.